The standard InChI is InChI=1S/C30H40BrNO4/c1-9-10-32-20-13-29(4,5)15-22(33)26(20)25(27-21(32)14-30(6,7)16-23(27)34)18-11-19(31)28(36-17(2)3)24(12-18)35-8/h11-12,17,25H,9-10,13-16H2,1-8H3. The molecule has 0 amide bonds. The molecule has 0 unspecified atom stereocenters. The largest absolute Gasteiger partial charge is 0.493 e. The molecular weight excluding hydrogens is 518 g/mol. The Balaban J connectivity index is 2.00. The second kappa shape index (κ2) is 9.66. The van der Waals surface area contributed by atoms with E-state index in [0.717, 1.165) is 58.4 Å². The molecule has 0 radical (unpaired) electrons. The first-order valence-corrected chi connectivity index (χ1v) is 13.9. The maximum atomic E-state index is 13.9. The number of ketones is 2. The molecule has 0 spiro atoms. The lowest BCUT2D eigenvalue weighted by atomic mass is 9.63. The Morgan fingerprint density at radius 1 is 0.972 bits per heavy atom. The zero-order valence-electron chi connectivity index (χ0n) is 23.0. The number of methoxy groups -OCH3 is 1. The van der Waals surface area contributed by atoms with Crippen LogP contribution >= 0.6 is 15.9 Å². The number of carbonyl (C=O) groups excluding carboxylic acids is 2. The van der Waals surface area contributed by atoms with Gasteiger partial charge in [0.25, 0.3) is 0 Å². The van der Waals surface area contributed by atoms with E-state index in [1.165, 1.54) is 0 Å². The lowest BCUT2D eigenvalue weighted by Gasteiger charge is -2.49. The average Bonchev–Trinajstić information content (AvgIpc) is 2.74. The smallest absolute Gasteiger partial charge is 0.175 e. The summed E-state index contributed by atoms with van der Waals surface area (Å²) in [6.07, 6.45) is 3.54. The Kier molecular flexibility index (Phi) is 7.24. The van der Waals surface area contributed by atoms with Gasteiger partial charge in [0.15, 0.2) is 23.1 Å². The highest BCUT2D eigenvalue weighted by atomic mass is 79.9. The molecule has 0 saturated heterocycles. The van der Waals surface area contributed by atoms with Crippen molar-refractivity contribution in [1.29, 1.82) is 0 Å². The summed E-state index contributed by atoms with van der Waals surface area (Å²) >= 11 is 3.70. The Morgan fingerprint density at radius 2 is 1.50 bits per heavy atom. The molecule has 5 nitrogen and oxygen atoms in total. The Morgan fingerprint density at radius 3 is 1.94 bits per heavy atom. The fourth-order valence-corrected chi connectivity index (χ4v) is 6.68. The molecule has 0 saturated carbocycles. The molecule has 4 rings (SSSR count). The molecule has 2 aliphatic carbocycles. The van der Waals surface area contributed by atoms with Crippen LogP contribution in [0.5, 0.6) is 11.5 Å². The van der Waals surface area contributed by atoms with Gasteiger partial charge in [-0.25, -0.2) is 0 Å². The number of allylic oxidation sites excluding steroid dienone is 4. The second-order valence-electron chi connectivity index (χ2n) is 12.4. The van der Waals surface area contributed by atoms with Gasteiger partial charge in [-0.05, 0) is 77.6 Å². The van der Waals surface area contributed by atoms with Crippen molar-refractivity contribution >= 4 is 27.5 Å². The van der Waals surface area contributed by atoms with E-state index in [4.69, 9.17) is 9.47 Å². The minimum absolute atomic E-state index is 0.0220. The van der Waals surface area contributed by atoms with Crippen molar-refractivity contribution in [3.63, 3.8) is 0 Å². The van der Waals surface area contributed by atoms with Crippen molar-refractivity contribution in [1.82, 2.24) is 4.90 Å². The molecule has 1 aromatic rings. The number of carbonyl (C=O) groups is 2. The number of benzene rings is 1. The molecule has 196 valence electrons. The molecule has 1 aromatic carbocycles. The minimum atomic E-state index is -0.395. The van der Waals surface area contributed by atoms with E-state index in [2.05, 4.69) is 55.4 Å². The molecule has 0 bridgehead atoms. The molecule has 3 aliphatic rings. The summed E-state index contributed by atoms with van der Waals surface area (Å²) in [5.41, 5.74) is 4.45. The predicted octanol–water partition coefficient (Wildman–Crippen LogP) is 7.34. The number of hydrogen-bond acceptors (Lipinski definition) is 5. The van der Waals surface area contributed by atoms with Gasteiger partial charge in [0.2, 0.25) is 0 Å². The molecule has 0 atom stereocenters. The minimum Gasteiger partial charge on any atom is -0.493 e. The molecule has 6 heteroatoms. The lowest BCUT2D eigenvalue weighted by molar-refractivity contribution is -0.119. The molecule has 0 aromatic heterocycles. The fraction of sp³-hybridized carbons (Fsp3) is 0.600. The molecule has 0 fully saturated rings. The number of hydrogen-bond donors (Lipinski definition) is 0. The van der Waals surface area contributed by atoms with Crippen molar-refractivity contribution in [2.75, 3.05) is 13.7 Å². The van der Waals surface area contributed by atoms with Gasteiger partial charge < -0.3 is 14.4 Å². The highest BCUT2D eigenvalue weighted by Gasteiger charge is 2.49. The van der Waals surface area contributed by atoms with E-state index >= 15 is 0 Å². The van der Waals surface area contributed by atoms with E-state index < -0.39 is 5.92 Å². The van der Waals surface area contributed by atoms with E-state index in [-0.39, 0.29) is 28.5 Å². The molecular formula is C30H40BrNO4. The van der Waals surface area contributed by atoms with Gasteiger partial charge in [-0.3, -0.25) is 9.59 Å². The van der Waals surface area contributed by atoms with Gasteiger partial charge in [0, 0.05) is 47.8 Å². The van der Waals surface area contributed by atoms with Crippen molar-refractivity contribution < 1.29 is 19.1 Å². The van der Waals surface area contributed by atoms with Gasteiger partial charge in [-0.2, -0.15) is 0 Å². The average molecular weight is 559 g/mol. The van der Waals surface area contributed by atoms with Crippen molar-refractivity contribution in [3.8, 4) is 11.5 Å². The predicted molar refractivity (Wildman–Crippen MR) is 146 cm³/mol. The lowest BCUT2D eigenvalue weighted by Crippen LogP contribution is -2.44. The van der Waals surface area contributed by atoms with Crippen LogP contribution in [0.2, 0.25) is 0 Å². The quantitative estimate of drug-likeness (QED) is 0.366. The third kappa shape index (κ3) is 4.90. The number of rotatable bonds is 6. The first-order chi connectivity index (χ1) is 16.8. The van der Waals surface area contributed by atoms with E-state index in [0.29, 0.717) is 24.3 Å². The topological polar surface area (TPSA) is 55.8 Å². The summed E-state index contributed by atoms with van der Waals surface area (Å²) < 4.78 is 12.5. The third-order valence-corrected chi connectivity index (χ3v) is 8.00. The summed E-state index contributed by atoms with van der Waals surface area (Å²) in [6, 6.07) is 3.97. The van der Waals surface area contributed by atoms with E-state index in [1.54, 1.807) is 7.11 Å². The van der Waals surface area contributed by atoms with Gasteiger partial charge in [0.05, 0.1) is 17.7 Å². The van der Waals surface area contributed by atoms with Gasteiger partial charge in [-0.1, -0.05) is 34.6 Å². The van der Waals surface area contributed by atoms with Crippen LogP contribution < -0.4 is 9.47 Å². The summed E-state index contributed by atoms with van der Waals surface area (Å²) in [4.78, 5) is 30.0. The Hall–Kier alpha value is -2.08. The van der Waals surface area contributed by atoms with Crippen LogP contribution in [0, 0.1) is 10.8 Å². The van der Waals surface area contributed by atoms with E-state index in [1.807, 2.05) is 26.0 Å². The van der Waals surface area contributed by atoms with E-state index in [9.17, 15) is 9.59 Å². The fourth-order valence-electron chi connectivity index (χ4n) is 6.13. The van der Waals surface area contributed by atoms with Crippen LogP contribution in [0.1, 0.15) is 92.1 Å². The van der Waals surface area contributed by atoms with Crippen LogP contribution in [0.3, 0.4) is 0 Å². The zero-order chi connectivity index (χ0) is 26.6. The van der Waals surface area contributed by atoms with Crippen LogP contribution in [0.15, 0.2) is 39.1 Å². The Bertz CT molecular complexity index is 1100. The molecule has 1 heterocycles. The van der Waals surface area contributed by atoms with Crippen molar-refractivity contribution in [2.24, 2.45) is 10.8 Å². The van der Waals surface area contributed by atoms with Crippen molar-refractivity contribution in [3.05, 3.63) is 44.7 Å². The zero-order valence-corrected chi connectivity index (χ0v) is 24.6. The monoisotopic (exact) mass is 557 g/mol. The van der Waals surface area contributed by atoms with Crippen molar-refractivity contribution in [2.45, 2.75) is 92.6 Å². The maximum Gasteiger partial charge on any atom is 0.175 e. The van der Waals surface area contributed by atoms with Crippen LogP contribution in [-0.4, -0.2) is 36.2 Å². The molecule has 0 N–H and O–H groups in total. The normalized spacial score (nSPS) is 21.7. The van der Waals surface area contributed by atoms with Crippen LogP contribution in [-0.2, 0) is 9.59 Å². The Labute approximate surface area is 224 Å². The highest BCUT2D eigenvalue weighted by molar-refractivity contribution is 9.10. The summed E-state index contributed by atoms with van der Waals surface area (Å²) in [6.45, 7) is 15.6. The molecule has 36 heavy (non-hydrogen) atoms. The van der Waals surface area contributed by atoms with Gasteiger partial charge in [0.1, 0.15) is 0 Å². The van der Waals surface area contributed by atoms with Crippen LogP contribution in [0.25, 0.3) is 0 Å². The first kappa shape index (κ1) is 27.0. The number of halogens is 1. The summed E-state index contributed by atoms with van der Waals surface area (Å²) in [5, 5.41) is 0. The van der Waals surface area contributed by atoms with Crippen LogP contribution in [0.4, 0.5) is 0 Å². The SMILES string of the molecule is CCCN1C2=C(C(=O)CC(C)(C)C2)C(c2cc(Br)c(OC(C)C)c(OC)c2)C2=C1CC(C)(C)CC2=O. The number of nitrogens with zero attached hydrogens (tertiary/aromatic N) is 1. The third-order valence-electron chi connectivity index (χ3n) is 7.41. The summed E-state index contributed by atoms with van der Waals surface area (Å²) in [7, 11) is 1.63. The second-order valence-corrected chi connectivity index (χ2v) is 13.2. The number of ether oxygens (including phenoxy) is 2. The summed E-state index contributed by atoms with van der Waals surface area (Å²) in [5.74, 6) is 1.13. The molecule has 1 aliphatic heterocycles. The maximum absolute atomic E-state index is 13.9. The van der Waals surface area contributed by atoms with Gasteiger partial charge >= 0.3 is 0 Å². The van der Waals surface area contributed by atoms with Gasteiger partial charge in [-0.15, -0.1) is 0 Å². The highest BCUT2D eigenvalue weighted by Crippen LogP contribution is 2.55. The number of Topliss-reactive ketones (excluding diaryl/α,β-unsaturated/α-hetero) is 2. The first-order valence-electron chi connectivity index (χ1n) is 13.1.